The van der Waals surface area contributed by atoms with Crippen LogP contribution in [0.15, 0.2) is 53.6 Å². The van der Waals surface area contributed by atoms with Crippen LogP contribution in [-0.4, -0.2) is 34.1 Å². The lowest BCUT2D eigenvalue weighted by Crippen LogP contribution is -2.22. The molecule has 0 unspecified atom stereocenters. The number of hydrogen-bond donors (Lipinski definition) is 0. The monoisotopic (exact) mass is 351 g/mol. The first-order valence-electron chi connectivity index (χ1n) is 9.20. The van der Waals surface area contributed by atoms with Gasteiger partial charge >= 0.3 is 0 Å². The van der Waals surface area contributed by atoms with Crippen molar-refractivity contribution in [2.45, 2.75) is 25.7 Å². The van der Waals surface area contributed by atoms with Crippen LogP contribution in [-0.2, 0) is 6.42 Å². The van der Waals surface area contributed by atoms with E-state index in [1.807, 2.05) is 30.3 Å². The van der Waals surface area contributed by atoms with Gasteiger partial charge in [-0.3, -0.25) is 9.36 Å². The SMILES string of the molecule is O=c1c2c(CCCN3CCCC3)ccc(F)c2ncn1-c1ccccc1. The summed E-state index contributed by atoms with van der Waals surface area (Å²) in [7, 11) is 0. The Labute approximate surface area is 151 Å². The fraction of sp³-hybridized carbons (Fsp3) is 0.333. The van der Waals surface area contributed by atoms with Crippen molar-refractivity contribution in [2.24, 2.45) is 0 Å². The lowest BCUT2D eigenvalue weighted by molar-refractivity contribution is 0.334. The fourth-order valence-electron chi connectivity index (χ4n) is 3.74. The smallest absolute Gasteiger partial charge is 0.266 e. The molecular formula is C21H22FN3O. The number of nitrogens with zero attached hydrogens (tertiary/aromatic N) is 3. The van der Waals surface area contributed by atoms with Crippen LogP contribution in [0.4, 0.5) is 4.39 Å². The Bertz CT molecular complexity index is 962. The van der Waals surface area contributed by atoms with Gasteiger partial charge in [-0.15, -0.1) is 0 Å². The van der Waals surface area contributed by atoms with Crippen LogP contribution in [0.3, 0.4) is 0 Å². The molecule has 0 bridgehead atoms. The third kappa shape index (κ3) is 3.27. The highest BCUT2D eigenvalue weighted by Gasteiger charge is 2.15. The molecule has 1 fully saturated rings. The summed E-state index contributed by atoms with van der Waals surface area (Å²) < 4.78 is 15.7. The van der Waals surface area contributed by atoms with Gasteiger partial charge in [0.25, 0.3) is 5.56 Å². The number of benzene rings is 2. The Balaban J connectivity index is 1.70. The van der Waals surface area contributed by atoms with Crippen molar-refractivity contribution in [3.05, 3.63) is 70.5 Å². The molecule has 0 saturated carbocycles. The largest absolute Gasteiger partial charge is 0.303 e. The summed E-state index contributed by atoms with van der Waals surface area (Å²) in [6, 6.07) is 12.5. The number of likely N-dealkylation sites (tertiary alicyclic amines) is 1. The van der Waals surface area contributed by atoms with Crippen molar-refractivity contribution >= 4 is 10.9 Å². The summed E-state index contributed by atoms with van der Waals surface area (Å²) in [5, 5.41) is 0.401. The normalized spacial score (nSPS) is 15.0. The van der Waals surface area contributed by atoms with E-state index in [4.69, 9.17) is 0 Å². The summed E-state index contributed by atoms with van der Waals surface area (Å²) in [6.07, 6.45) is 5.66. The number of para-hydroxylation sites is 1. The number of halogens is 1. The van der Waals surface area contributed by atoms with Crippen molar-refractivity contribution in [3.8, 4) is 5.69 Å². The van der Waals surface area contributed by atoms with E-state index >= 15 is 0 Å². The predicted molar refractivity (Wildman–Crippen MR) is 101 cm³/mol. The molecule has 0 radical (unpaired) electrons. The van der Waals surface area contributed by atoms with Gasteiger partial charge in [-0.05, 0) is 69.1 Å². The molecule has 0 spiro atoms. The number of hydrogen-bond acceptors (Lipinski definition) is 3. The average Bonchev–Trinajstić information content (AvgIpc) is 3.18. The number of aryl methyl sites for hydroxylation is 1. The van der Waals surface area contributed by atoms with E-state index in [1.54, 1.807) is 6.07 Å². The molecule has 1 aliphatic rings. The molecule has 1 saturated heterocycles. The molecule has 2 aromatic carbocycles. The zero-order chi connectivity index (χ0) is 17.9. The topological polar surface area (TPSA) is 38.1 Å². The molecule has 134 valence electrons. The summed E-state index contributed by atoms with van der Waals surface area (Å²) in [5.41, 5.74) is 1.57. The van der Waals surface area contributed by atoms with Crippen LogP contribution in [0, 0.1) is 5.82 Å². The first kappa shape index (κ1) is 16.9. The Hall–Kier alpha value is -2.53. The number of rotatable bonds is 5. The van der Waals surface area contributed by atoms with E-state index in [0.717, 1.165) is 43.7 Å². The lowest BCUT2D eigenvalue weighted by atomic mass is 10.0. The minimum Gasteiger partial charge on any atom is -0.303 e. The Morgan fingerprint density at radius 2 is 1.81 bits per heavy atom. The third-order valence-electron chi connectivity index (χ3n) is 5.10. The molecule has 0 amide bonds. The maximum Gasteiger partial charge on any atom is 0.266 e. The first-order chi connectivity index (χ1) is 12.7. The summed E-state index contributed by atoms with van der Waals surface area (Å²) >= 11 is 0. The maximum atomic E-state index is 14.2. The predicted octanol–water partition coefficient (Wildman–Crippen LogP) is 3.55. The quantitative estimate of drug-likeness (QED) is 0.705. The van der Waals surface area contributed by atoms with E-state index in [0.29, 0.717) is 5.39 Å². The van der Waals surface area contributed by atoms with Gasteiger partial charge in [0.1, 0.15) is 17.7 Å². The zero-order valence-electron chi connectivity index (χ0n) is 14.7. The van der Waals surface area contributed by atoms with E-state index in [-0.39, 0.29) is 11.1 Å². The second kappa shape index (κ2) is 7.38. The Kier molecular flexibility index (Phi) is 4.80. The molecule has 4 nitrogen and oxygen atoms in total. The van der Waals surface area contributed by atoms with Gasteiger partial charge in [-0.25, -0.2) is 9.37 Å². The van der Waals surface area contributed by atoms with Gasteiger partial charge in [0.2, 0.25) is 0 Å². The highest BCUT2D eigenvalue weighted by Crippen LogP contribution is 2.20. The van der Waals surface area contributed by atoms with Gasteiger partial charge in [0.15, 0.2) is 0 Å². The molecule has 3 aromatic rings. The minimum absolute atomic E-state index is 0.167. The van der Waals surface area contributed by atoms with Crippen molar-refractivity contribution in [1.29, 1.82) is 0 Å². The van der Waals surface area contributed by atoms with E-state index < -0.39 is 5.82 Å². The van der Waals surface area contributed by atoms with Crippen LogP contribution in [0.2, 0.25) is 0 Å². The van der Waals surface area contributed by atoms with Crippen LogP contribution in [0.1, 0.15) is 24.8 Å². The van der Waals surface area contributed by atoms with Crippen LogP contribution < -0.4 is 5.56 Å². The maximum absolute atomic E-state index is 14.2. The Morgan fingerprint density at radius 1 is 1.04 bits per heavy atom. The van der Waals surface area contributed by atoms with Crippen molar-refractivity contribution in [3.63, 3.8) is 0 Å². The Morgan fingerprint density at radius 3 is 2.58 bits per heavy atom. The van der Waals surface area contributed by atoms with E-state index in [1.165, 1.54) is 29.8 Å². The standard InChI is InChI=1S/C21H22FN3O/c22-18-11-10-16(7-6-14-24-12-4-5-13-24)19-20(18)23-15-25(21(19)26)17-8-2-1-3-9-17/h1-3,8-11,15H,4-7,12-14H2. The second-order valence-electron chi connectivity index (χ2n) is 6.84. The molecule has 0 atom stereocenters. The molecule has 2 heterocycles. The van der Waals surface area contributed by atoms with Crippen molar-refractivity contribution < 1.29 is 4.39 Å². The van der Waals surface area contributed by atoms with E-state index in [2.05, 4.69) is 9.88 Å². The zero-order valence-corrected chi connectivity index (χ0v) is 14.7. The van der Waals surface area contributed by atoms with Gasteiger partial charge in [-0.2, -0.15) is 0 Å². The summed E-state index contributed by atoms with van der Waals surface area (Å²) in [4.78, 5) is 19.8. The summed E-state index contributed by atoms with van der Waals surface area (Å²) in [6.45, 7) is 3.34. The molecule has 5 heteroatoms. The second-order valence-corrected chi connectivity index (χ2v) is 6.84. The molecule has 26 heavy (non-hydrogen) atoms. The number of aromatic nitrogens is 2. The highest BCUT2D eigenvalue weighted by molar-refractivity contribution is 5.82. The van der Waals surface area contributed by atoms with Crippen LogP contribution in [0.25, 0.3) is 16.6 Å². The molecule has 0 N–H and O–H groups in total. The lowest BCUT2D eigenvalue weighted by Gasteiger charge is -2.15. The fourth-order valence-corrected chi connectivity index (χ4v) is 3.74. The third-order valence-corrected chi connectivity index (χ3v) is 5.10. The average molecular weight is 351 g/mol. The van der Waals surface area contributed by atoms with Crippen LogP contribution >= 0.6 is 0 Å². The molecule has 0 aliphatic carbocycles. The first-order valence-corrected chi connectivity index (χ1v) is 9.20. The van der Waals surface area contributed by atoms with Crippen molar-refractivity contribution in [1.82, 2.24) is 14.5 Å². The van der Waals surface area contributed by atoms with Gasteiger partial charge in [0, 0.05) is 0 Å². The summed E-state index contributed by atoms with van der Waals surface area (Å²) in [5.74, 6) is -0.444. The number of fused-ring (bicyclic) bond motifs is 1. The van der Waals surface area contributed by atoms with Crippen molar-refractivity contribution in [2.75, 3.05) is 19.6 Å². The minimum atomic E-state index is -0.444. The highest BCUT2D eigenvalue weighted by atomic mass is 19.1. The van der Waals surface area contributed by atoms with Gasteiger partial charge in [-0.1, -0.05) is 24.3 Å². The van der Waals surface area contributed by atoms with Gasteiger partial charge < -0.3 is 4.90 Å². The molecular weight excluding hydrogens is 329 g/mol. The van der Waals surface area contributed by atoms with Crippen LogP contribution in [0.5, 0.6) is 0 Å². The van der Waals surface area contributed by atoms with E-state index in [9.17, 15) is 9.18 Å². The molecule has 4 rings (SSSR count). The molecule has 1 aromatic heterocycles. The molecule has 1 aliphatic heterocycles. The van der Waals surface area contributed by atoms with Gasteiger partial charge in [0.05, 0.1) is 11.1 Å².